The van der Waals surface area contributed by atoms with Gasteiger partial charge in [-0.1, -0.05) is 13.0 Å². The first-order chi connectivity index (χ1) is 14.7. The van der Waals surface area contributed by atoms with Crippen LogP contribution in [0, 0.1) is 0 Å². The number of likely N-dealkylation sites (tertiary alicyclic amines) is 1. The van der Waals surface area contributed by atoms with Crippen molar-refractivity contribution in [3.05, 3.63) is 47.4 Å². The van der Waals surface area contributed by atoms with Crippen molar-refractivity contribution < 1.29 is 14.3 Å². The van der Waals surface area contributed by atoms with Gasteiger partial charge in [-0.15, -0.1) is 0 Å². The van der Waals surface area contributed by atoms with Crippen LogP contribution in [0.15, 0.2) is 34.9 Å². The first-order valence-corrected chi connectivity index (χ1v) is 10.9. The van der Waals surface area contributed by atoms with Gasteiger partial charge in [0.25, 0.3) is 5.91 Å². The topological polar surface area (TPSA) is 104 Å². The van der Waals surface area contributed by atoms with Gasteiger partial charge in [0.1, 0.15) is 5.76 Å². The number of phenols is 1. The van der Waals surface area contributed by atoms with Gasteiger partial charge in [0.05, 0.1) is 35.8 Å². The first-order valence-electron chi connectivity index (χ1n) is 10.2. The number of amides is 1. The van der Waals surface area contributed by atoms with E-state index >= 15 is 0 Å². The van der Waals surface area contributed by atoms with Crippen molar-refractivity contribution in [3.8, 4) is 5.75 Å². The molecule has 0 spiro atoms. The number of anilines is 3. The molecule has 3 aromatic rings. The van der Waals surface area contributed by atoms with Gasteiger partial charge >= 0.3 is 0 Å². The van der Waals surface area contributed by atoms with Crippen LogP contribution in [0.2, 0.25) is 0 Å². The molecule has 0 radical (unpaired) electrons. The second-order valence-electron chi connectivity index (χ2n) is 7.27. The minimum atomic E-state index is -0.143. The number of rotatable bonds is 7. The Labute approximate surface area is 179 Å². The summed E-state index contributed by atoms with van der Waals surface area (Å²) in [4.78, 5) is 14.6. The van der Waals surface area contributed by atoms with E-state index in [1.165, 1.54) is 0 Å². The smallest absolute Gasteiger partial charge is 0.257 e. The molecule has 0 unspecified atom stereocenters. The highest BCUT2D eigenvalue weighted by molar-refractivity contribution is 6.99. The third-order valence-corrected chi connectivity index (χ3v) is 5.73. The summed E-state index contributed by atoms with van der Waals surface area (Å²) in [6, 6.07) is 7.12. The molecule has 3 N–H and O–H groups in total. The lowest BCUT2D eigenvalue weighted by Crippen LogP contribution is -2.35. The summed E-state index contributed by atoms with van der Waals surface area (Å²) in [5, 5.41) is 17.0. The van der Waals surface area contributed by atoms with Crippen LogP contribution in [0.5, 0.6) is 5.75 Å². The Morgan fingerprint density at radius 2 is 2.03 bits per heavy atom. The number of carbonyl (C=O) groups is 1. The molecule has 1 amide bonds. The molecule has 30 heavy (non-hydrogen) atoms. The third-order valence-electron chi connectivity index (χ3n) is 5.20. The van der Waals surface area contributed by atoms with Crippen molar-refractivity contribution in [2.45, 2.75) is 39.2 Å². The summed E-state index contributed by atoms with van der Waals surface area (Å²) in [6.45, 7) is 4.00. The van der Waals surface area contributed by atoms with Crippen LogP contribution in [0.4, 0.5) is 17.3 Å². The zero-order chi connectivity index (χ0) is 20.9. The quantitative estimate of drug-likeness (QED) is 0.481. The highest BCUT2D eigenvalue weighted by atomic mass is 32.1. The molecular formula is C21H25N5O3S. The Morgan fingerprint density at radius 3 is 2.80 bits per heavy atom. The summed E-state index contributed by atoms with van der Waals surface area (Å²) in [7, 11) is 0. The Balaban J connectivity index is 1.47. The summed E-state index contributed by atoms with van der Waals surface area (Å²) in [5.74, 6) is 1.63. The highest BCUT2D eigenvalue weighted by Gasteiger charge is 2.22. The summed E-state index contributed by atoms with van der Waals surface area (Å²) in [5.41, 5.74) is 1.85. The number of hydrogen-bond acceptors (Lipinski definition) is 8. The first kappa shape index (κ1) is 20.2. The number of nitrogens with zero attached hydrogens (tertiary/aromatic N) is 3. The van der Waals surface area contributed by atoms with E-state index in [-0.39, 0.29) is 11.7 Å². The molecule has 0 atom stereocenters. The number of piperidine rings is 1. The van der Waals surface area contributed by atoms with E-state index in [9.17, 15) is 9.90 Å². The van der Waals surface area contributed by atoms with Gasteiger partial charge in [0, 0.05) is 13.1 Å². The molecule has 1 saturated heterocycles. The number of benzene rings is 1. The highest BCUT2D eigenvalue weighted by Crippen LogP contribution is 2.33. The second-order valence-corrected chi connectivity index (χ2v) is 7.80. The van der Waals surface area contributed by atoms with Crippen LogP contribution in [0.3, 0.4) is 0 Å². The molecule has 0 bridgehead atoms. The predicted octanol–water partition coefficient (Wildman–Crippen LogP) is 4.38. The van der Waals surface area contributed by atoms with E-state index < -0.39 is 0 Å². The molecule has 1 aromatic carbocycles. The summed E-state index contributed by atoms with van der Waals surface area (Å²) in [6.07, 6.45) is 5.80. The number of aromatic nitrogens is 2. The minimum Gasteiger partial charge on any atom is -0.505 e. The molecule has 158 valence electrons. The number of carbonyl (C=O) groups excluding carboxylic acids is 1. The Hall–Kier alpha value is -3.07. The molecule has 9 heteroatoms. The van der Waals surface area contributed by atoms with Gasteiger partial charge < -0.3 is 25.1 Å². The van der Waals surface area contributed by atoms with Crippen LogP contribution in [-0.2, 0) is 13.0 Å². The molecule has 4 rings (SSSR count). The van der Waals surface area contributed by atoms with Crippen molar-refractivity contribution >= 4 is 35.0 Å². The number of hydrogen-bond donors (Lipinski definition) is 3. The number of nitrogens with one attached hydrogen (secondary N) is 2. The molecule has 1 fully saturated rings. The van der Waals surface area contributed by atoms with Crippen LogP contribution < -0.4 is 10.6 Å². The van der Waals surface area contributed by atoms with Gasteiger partial charge in [0.2, 0.25) is 0 Å². The average molecular weight is 428 g/mol. The van der Waals surface area contributed by atoms with Gasteiger partial charge in [-0.05, 0) is 49.4 Å². The largest absolute Gasteiger partial charge is 0.505 e. The number of phenolic OH excluding ortho intramolecular Hbond substituents is 1. The van der Waals surface area contributed by atoms with E-state index in [2.05, 4.69) is 26.3 Å². The minimum absolute atomic E-state index is 0.0781. The SMILES string of the molecule is CCc1coc(CNc2nsnc2Nc2cccc(C(=O)N3CCCCC3)c2O)c1. The molecule has 8 nitrogen and oxygen atoms in total. The molecular weight excluding hydrogens is 402 g/mol. The maximum atomic E-state index is 12.8. The lowest BCUT2D eigenvalue weighted by Gasteiger charge is -2.27. The fourth-order valence-electron chi connectivity index (χ4n) is 3.47. The van der Waals surface area contributed by atoms with Gasteiger partial charge in [-0.3, -0.25) is 4.79 Å². The van der Waals surface area contributed by atoms with E-state index in [1.807, 2.05) is 6.07 Å². The Bertz CT molecular complexity index is 1010. The molecule has 0 saturated carbocycles. The maximum absolute atomic E-state index is 12.8. The average Bonchev–Trinajstić information content (AvgIpc) is 3.43. The summed E-state index contributed by atoms with van der Waals surface area (Å²) < 4.78 is 14.1. The molecule has 1 aliphatic heterocycles. The predicted molar refractivity (Wildman–Crippen MR) is 116 cm³/mol. The van der Waals surface area contributed by atoms with Crippen LogP contribution in [0.25, 0.3) is 0 Å². The maximum Gasteiger partial charge on any atom is 0.257 e. The van der Waals surface area contributed by atoms with Crippen molar-refractivity contribution in [2.75, 3.05) is 23.7 Å². The summed E-state index contributed by atoms with van der Waals surface area (Å²) >= 11 is 1.06. The molecule has 2 aromatic heterocycles. The number of aromatic hydroxyl groups is 1. The normalized spacial score (nSPS) is 14.0. The molecule has 3 heterocycles. The van der Waals surface area contributed by atoms with Crippen molar-refractivity contribution in [2.24, 2.45) is 0 Å². The van der Waals surface area contributed by atoms with E-state index in [1.54, 1.807) is 29.4 Å². The van der Waals surface area contributed by atoms with Crippen molar-refractivity contribution in [3.63, 3.8) is 0 Å². The zero-order valence-electron chi connectivity index (χ0n) is 16.9. The monoisotopic (exact) mass is 427 g/mol. The van der Waals surface area contributed by atoms with Gasteiger partial charge in [-0.25, -0.2) is 0 Å². The number of aryl methyl sites for hydroxylation is 1. The van der Waals surface area contributed by atoms with E-state index in [0.29, 0.717) is 29.4 Å². The molecule has 1 aliphatic rings. The van der Waals surface area contributed by atoms with E-state index in [4.69, 9.17) is 4.42 Å². The zero-order valence-corrected chi connectivity index (χ0v) is 17.7. The van der Waals surface area contributed by atoms with Crippen molar-refractivity contribution in [1.82, 2.24) is 13.6 Å². The van der Waals surface area contributed by atoms with Gasteiger partial charge in [-0.2, -0.15) is 8.75 Å². The van der Waals surface area contributed by atoms with Crippen molar-refractivity contribution in [1.29, 1.82) is 0 Å². The number of furan rings is 1. The molecule has 0 aliphatic carbocycles. The fourth-order valence-corrected chi connectivity index (χ4v) is 3.96. The third kappa shape index (κ3) is 4.40. The standard InChI is InChI=1S/C21H25N5O3S/c1-2-14-11-15(29-13-14)12-22-19-20(25-30-24-19)23-17-8-6-7-16(18(17)27)21(28)26-9-4-3-5-10-26/h6-8,11,13,27H,2-5,9-10,12H2,1H3,(H,22,24)(H,23,25). The van der Waals surface area contributed by atoms with Crippen LogP contribution >= 0.6 is 11.7 Å². The van der Waals surface area contributed by atoms with E-state index in [0.717, 1.165) is 61.8 Å². The number of para-hydroxylation sites is 1. The lowest BCUT2D eigenvalue weighted by molar-refractivity contribution is 0.0721. The fraction of sp³-hybridized carbons (Fsp3) is 0.381. The van der Waals surface area contributed by atoms with Crippen LogP contribution in [-0.4, -0.2) is 37.8 Å². The van der Waals surface area contributed by atoms with Gasteiger partial charge in [0.15, 0.2) is 17.4 Å². The van der Waals surface area contributed by atoms with Crippen LogP contribution in [0.1, 0.15) is 47.9 Å². The lowest BCUT2D eigenvalue weighted by atomic mass is 10.1. The second kappa shape index (κ2) is 9.17. The Morgan fingerprint density at radius 1 is 1.23 bits per heavy atom. The Kier molecular flexibility index (Phi) is 6.18.